The van der Waals surface area contributed by atoms with Crippen LogP contribution in [0.25, 0.3) is 0 Å². The first-order valence-corrected chi connectivity index (χ1v) is 7.16. The van der Waals surface area contributed by atoms with Crippen LogP contribution in [0, 0.1) is 15.9 Å². The topological polar surface area (TPSA) is 115 Å². The van der Waals surface area contributed by atoms with Gasteiger partial charge in [0, 0.05) is 17.8 Å². The van der Waals surface area contributed by atoms with Gasteiger partial charge >= 0.3 is 0 Å². The van der Waals surface area contributed by atoms with Crippen LogP contribution in [0.3, 0.4) is 0 Å². The van der Waals surface area contributed by atoms with E-state index < -0.39 is 31.3 Å². The van der Waals surface area contributed by atoms with Crippen LogP contribution in [0.1, 0.15) is 0 Å². The van der Waals surface area contributed by atoms with Gasteiger partial charge in [0.1, 0.15) is 10.7 Å². The minimum atomic E-state index is -4.16. The second-order valence-electron chi connectivity index (χ2n) is 4.11. The van der Waals surface area contributed by atoms with Crippen molar-refractivity contribution in [2.75, 3.05) is 5.32 Å². The Morgan fingerprint density at radius 3 is 2.29 bits per heavy atom. The van der Waals surface area contributed by atoms with E-state index in [1.165, 1.54) is 30.3 Å². The van der Waals surface area contributed by atoms with Crippen molar-refractivity contribution >= 4 is 27.1 Å². The van der Waals surface area contributed by atoms with Gasteiger partial charge in [-0.2, -0.15) is 0 Å². The molecule has 0 aromatic heterocycles. The van der Waals surface area contributed by atoms with Crippen LogP contribution in [0.2, 0.25) is 0 Å². The number of halogens is 1. The SMILES string of the molecule is NS(=O)(=O)c1cc([N+](=O)[O-])ccc1Nc1ccc(F)cc1. The Hall–Kier alpha value is -2.52. The Bertz CT molecular complexity index is 791. The molecule has 0 aliphatic heterocycles. The average Bonchev–Trinajstić information content (AvgIpc) is 2.40. The van der Waals surface area contributed by atoms with E-state index in [4.69, 9.17) is 5.14 Å². The number of benzene rings is 2. The van der Waals surface area contributed by atoms with Gasteiger partial charge in [-0.25, -0.2) is 17.9 Å². The van der Waals surface area contributed by atoms with Crippen LogP contribution in [0.5, 0.6) is 0 Å². The third-order valence-corrected chi connectivity index (χ3v) is 3.56. The molecular weight excluding hydrogens is 301 g/mol. The van der Waals surface area contributed by atoms with Crippen molar-refractivity contribution in [1.82, 2.24) is 0 Å². The molecule has 0 saturated heterocycles. The Balaban J connectivity index is 2.48. The van der Waals surface area contributed by atoms with Gasteiger partial charge in [0.15, 0.2) is 0 Å². The molecule has 0 amide bonds. The fraction of sp³-hybridized carbons (Fsp3) is 0. The molecule has 0 aliphatic rings. The smallest absolute Gasteiger partial charge is 0.270 e. The van der Waals surface area contributed by atoms with Crippen molar-refractivity contribution in [2.45, 2.75) is 4.90 Å². The highest BCUT2D eigenvalue weighted by molar-refractivity contribution is 7.89. The number of nitrogens with zero attached hydrogens (tertiary/aromatic N) is 1. The standard InChI is InChI=1S/C12H10FN3O4S/c13-8-1-3-9(4-2-8)15-11-6-5-10(16(17)18)7-12(11)21(14,19)20/h1-7,15H,(H2,14,19,20). The predicted octanol–water partition coefficient (Wildman–Crippen LogP) is 2.12. The Labute approximate surface area is 119 Å². The molecule has 110 valence electrons. The van der Waals surface area contributed by atoms with E-state index in [0.717, 1.165) is 12.1 Å². The number of non-ortho nitro benzene ring substituents is 1. The molecule has 0 fully saturated rings. The van der Waals surface area contributed by atoms with Gasteiger partial charge in [-0.1, -0.05) is 0 Å². The minimum Gasteiger partial charge on any atom is -0.354 e. The van der Waals surface area contributed by atoms with Crippen LogP contribution < -0.4 is 10.5 Å². The molecule has 0 bridgehead atoms. The monoisotopic (exact) mass is 311 g/mol. The highest BCUT2D eigenvalue weighted by atomic mass is 32.2. The zero-order valence-corrected chi connectivity index (χ0v) is 11.3. The van der Waals surface area contributed by atoms with Gasteiger partial charge in [-0.3, -0.25) is 10.1 Å². The lowest BCUT2D eigenvalue weighted by Crippen LogP contribution is -2.14. The molecule has 2 aromatic carbocycles. The molecule has 0 saturated carbocycles. The summed E-state index contributed by atoms with van der Waals surface area (Å²) in [6.07, 6.45) is 0. The van der Waals surface area contributed by atoms with E-state index >= 15 is 0 Å². The predicted molar refractivity (Wildman–Crippen MR) is 74.2 cm³/mol. The molecule has 7 nitrogen and oxygen atoms in total. The van der Waals surface area contributed by atoms with Crippen LogP contribution in [-0.2, 0) is 10.0 Å². The number of nitro benzene ring substituents is 1. The quantitative estimate of drug-likeness (QED) is 0.663. The third-order valence-electron chi connectivity index (χ3n) is 2.61. The van der Waals surface area contributed by atoms with Crippen molar-refractivity contribution in [2.24, 2.45) is 5.14 Å². The maximum Gasteiger partial charge on any atom is 0.270 e. The van der Waals surface area contributed by atoms with Crippen LogP contribution in [0.15, 0.2) is 47.4 Å². The maximum atomic E-state index is 12.8. The first-order chi connectivity index (χ1) is 9.77. The second kappa shape index (κ2) is 5.46. The molecule has 2 rings (SSSR count). The zero-order valence-electron chi connectivity index (χ0n) is 10.5. The summed E-state index contributed by atoms with van der Waals surface area (Å²) in [6.45, 7) is 0. The number of anilines is 2. The van der Waals surface area contributed by atoms with Crippen molar-refractivity contribution in [3.8, 4) is 0 Å². The van der Waals surface area contributed by atoms with Gasteiger partial charge in [-0.05, 0) is 30.3 Å². The summed E-state index contributed by atoms with van der Waals surface area (Å²) in [6, 6.07) is 8.38. The number of primary sulfonamides is 1. The molecule has 3 N–H and O–H groups in total. The minimum absolute atomic E-state index is 0.0645. The number of nitrogens with two attached hydrogens (primary N) is 1. The van der Waals surface area contributed by atoms with Gasteiger partial charge in [0.05, 0.1) is 10.6 Å². The maximum absolute atomic E-state index is 12.8. The molecule has 2 aromatic rings. The number of rotatable bonds is 4. The highest BCUT2D eigenvalue weighted by Crippen LogP contribution is 2.28. The molecule has 21 heavy (non-hydrogen) atoms. The second-order valence-corrected chi connectivity index (χ2v) is 5.64. The fourth-order valence-corrected chi connectivity index (χ4v) is 2.36. The molecule has 0 atom stereocenters. The van der Waals surface area contributed by atoms with Gasteiger partial charge in [-0.15, -0.1) is 0 Å². The Kier molecular flexibility index (Phi) is 3.87. The lowest BCUT2D eigenvalue weighted by Gasteiger charge is -2.10. The lowest BCUT2D eigenvalue weighted by molar-refractivity contribution is -0.385. The number of nitro groups is 1. The third kappa shape index (κ3) is 3.52. The van der Waals surface area contributed by atoms with Crippen LogP contribution in [-0.4, -0.2) is 13.3 Å². The van der Waals surface area contributed by atoms with E-state index in [2.05, 4.69) is 5.32 Å². The summed E-state index contributed by atoms with van der Waals surface area (Å²) in [7, 11) is -4.16. The van der Waals surface area contributed by atoms with E-state index in [0.29, 0.717) is 5.69 Å². The summed E-state index contributed by atoms with van der Waals surface area (Å²) in [5.74, 6) is -0.448. The largest absolute Gasteiger partial charge is 0.354 e. The normalized spacial score (nSPS) is 11.1. The first-order valence-electron chi connectivity index (χ1n) is 5.61. The summed E-state index contributed by atoms with van der Waals surface area (Å²) < 4.78 is 35.9. The molecular formula is C12H10FN3O4S. The summed E-state index contributed by atoms with van der Waals surface area (Å²) >= 11 is 0. The molecule has 0 spiro atoms. The van der Waals surface area contributed by atoms with E-state index in [1.54, 1.807) is 0 Å². The lowest BCUT2D eigenvalue weighted by atomic mass is 10.2. The molecule has 9 heteroatoms. The van der Waals surface area contributed by atoms with Gasteiger partial charge in [0.2, 0.25) is 10.0 Å². The zero-order chi connectivity index (χ0) is 15.6. The number of sulfonamides is 1. The highest BCUT2D eigenvalue weighted by Gasteiger charge is 2.19. The van der Waals surface area contributed by atoms with Crippen molar-refractivity contribution in [3.05, 3.63) is 58.4 Å². The van der Waals surface area contributed by atoms with E-state index in [9.17, 15) is 22.9 Å². The number of hydrogen-bond donors (Lipinski definition) is 2. The molecule has 0 aliphatic carbocycles. The van der Waals surface area contributed by atoms with Gasteiger partial charge < -0.3 is 5.32 Å². The first kappa shape index (κ1) is 14.9. The van der Waals surface area contributed by atoms with Crippen LogP contribution >= 0.6 is 0 Å². The summed E-state index contributed by atoms with van der Waals surface area (Å²) in [5, 5.41) is 18.5. The van der Waals surface area contributed by atoms with Crippen molar-refractivity contribution < 1.29 is 17.7 Å². The van der Waals surface area contributed by atoms with Crippen molar-refractivity contribution in [3.63, 3.8) is 0 Å². The number of hydrogen-bond acceptors (Lipinski definition) is 5. The summed E-state index contributed by atoms with van der Waals surface area (Å²) in [5.41, 5.74) is 0.0774. The Morgan fingerprint density at radius 2 is 1.76 bits per heavy atom. The molecule has 0 unspecified atom stereocenters. The average molecular weight is 311 g/mol. The molecule has 0 heterocycles. The number of nitrogens with one attached hydrogen (secondary N) is 1. The van der Waals surface area contributed by atoms with Crippen LogP contribution in [0.4, 0.5) is 21.5 Å². The molecule has 0 radical (unpaired) electrons. The van der Waals surface area contributed by atoms with Gasteiger partial charge in [0.25, 0.3) is 5.69 Å². The Morgan fingerprint density at radius 1 is 1.14 bits per heavy atom. The van der Waals surface area contributed by atoms with E-state index in [-0.39, 0.29) is 5.69 Å². The fourth-order valence-electron chi connectivity index (χ4n) is 1.65. The van der Waals surface area contributed by atoms with E-state index in [1.807, 2.05) is 0 Å². The van der Waals surface area contributed by atoms with Crippen molar-refractivity contribution in [1.29, 1.82) is 0 Å². The summed E-state index contributed by atoms with van der Waals surface area (Å²) in [4.78, 5) is 9.55.